The van der Waals surface area contributed by atoms with Crippen molar-refractivity contribution in [2.75, 3.05) is 13.2 Å². The Balaban J connectivity index is 2.81. The number of nitrogens with zero attached hydrogens (tertiary/aromatic N) is 3. The van der Waals surface area contributed by atoms with E-state index >= 15 is 0 Å². The largest absolute Gasteiger partial charge is 0.374 e. The zero-order chi connectivity index (χ0) is 20.5. The molecule has 1 rings (SSSR count). The summed E-state index contributed by atoms with van der Waals surface area (Å²) in [6.45, 7) is 6.84. The summed E-state index contributed by atoms with van der Waals surface area (Å²) in [5.41, 5.74) is 9.50. The summed E-state index contributed by atoms with van der Waals surface area (Å²) in [7, 11) is -4.67. The van der Waals surface area contributed by atoms with E-state index in [2.05, 4.69) is 10.0 Å². The zero-order valence-corrected chi connectivity index (χ0v) is 17.0. The van der Waals surface area contributed by atoms with Gasteiger partial charge in [0, 0.05) is 4.91 Å². The Morgan fingerprint density at radius 1 is 1.19 bits per heavy atom. The SMILES string of the molecule is CC(C)C(OO[C@H](CN=[N+]=[N-])COCc1ccccc1)(C(C)C)P(=O)(O)O. The minimum Gasteiger partial charge on any atom is -0.374 e. The fourth-order valence-corrected chi connectivity index (χ4v) is 4.33. The van der Waals surface area contributed by atoms with E-state index in [1.807, 2.05) is 30.3 Å². The second-order valence-electron chi connectivity index (χ2n) is 6.82. The topological polar surface area (TPSA) is 134 Å². The zero-order valence-electron chi connectivity index (χ0n) is 16.1. The van der Waals surface area contributed by atoms with Gasteiger partial charge in [-0.1, -0.05) is 63.1 Å². The van der Waals surface area contributed by atoms with Crippen molar-refractivity contribution in [2.45, 2.75) is 45.7 Å². The van der Waals surface area contributed by atoms with Crippen molar-refractivity contribution in [3.05, 3.63) is 46.3 Å². The molecule has 27 heavy (non-hydrogen) atoms. The van der Waals surface area contributed by atoms with Crippen LogP contribution in [0.3, 0.4) is 0 Å². The molecule has 0 fully saturated rings. The average molecular weight is 401 g/mol. The Morgan fingerprint density at radius 2 is 1.78 bits per heavy atom. The Hall–Kier alpha value is -1.44. The molecular weight excluding hydrogens is 373 g/mol. The molecule has 152 valence electrons. The van der Waals surface area contributed by atoms with Crippen molar-refractivity contribution < 1.29 is 28.9 Å². The summed E-state index contributed by atoms with van der Waals surface area (Å²) in [5.74, 6) is -1.05. The van der Waals surface area contributed by atoms with Gasteiger partial charge < -0.3 is 14.5 Å². The van der Waals surface area contributed by atoms with Gasteiger partial charge in [0.2, 0.25) is 5.34 Å². The van der Waals surface area contributed by atoms with E-state index in [1.165, 1.54) is 0 Å². The standard InChI is InChI=1S/C17H28N3O6P/c1-13(2)17(14(3)4,27(21,22)23)26-25-16(10-19-20-18)12-24-11-15-8-6-5-7-9-15/h5-9,13-14,16H,10-12H2,1-4H3,(H2,21,22,23)/t16-/m1/s1. The van der Waals surface area contributed by atoms with Gasteiger partial charge in [0.15, 0.2) is 0 Å². The highest BCUT2D eigenvalue weighted by Crippen LogP contribution is 2.59. The first-order valence-electron chi connectivity index (χ1n) is 8.67. The van der Waals surface area contributed by atoms with Crippen LogP contribution in [0, 0.1) is 11.8 Å². The molecule has 2 N–H and O–H groups in total. The molecule has 0 bridgehead atoms. The van der Waals surface area contributed by atoms with Crippen LogP contribution in [0.15, 0.2) is 35.4 Å². The molecule has 1 atom stereocenters. The molecule has 1 aromatic carbocycles. The molecule has 0 saturated heterocycles. The lowest BCUT2D eigenvalue weighted by atomic mass is 9.95. The number of ether oxygens (including phenoxy) is 1. The summed E-state index contributed by atoms with van der Waals surface area (Å²) >= 11 is 0. The molecule has 0 unspecified atom stereocenters. The van der Waals surface area contributed by atoms with Crippen LogP contribution in [0.2, 0.25) is 0 Å². The molecule has 0 saturated carbocycles. The van der Waals surface area contributed by atoms with Crippen molar-refractivity contribution in [3.63, 3.8) is 0 Å². The predicted octanol–water partition coefficient (Wildman–Crippen LogP) is 4.02. The third-order valence-corrected chi connectivity index (χ3v) is 6.21. The van der Waals surface area contributed by atoms with Crippen molar-refractivity contribution in [3.8, 4) is 0 Å². The van der Waals surface area contributed by atoms with Gasteiger partial charge in [0.1, 0.15) is 6.10 Å². The molecule has 0 heterocycles. The number of hydrogen-bond donors (Lipinski definition) is 2. The van der Waals surface area contributed by atoms with Gasteiger partial charge in [-0.15, -0.1) is 0 Å². The van der Waals surface area contributed by atoms with Crippen molar-refractivity contribution >= 4 is 7.60 Å². The van der Waals surface area contributed by atoms with E-state index in [4.69, 9.17) is 20.0 Å². The Kier molecular flexibility index (Phi) is 9.42. The minimum absolute atomic E-state index is 0.0291. The van der Waals surface area contributed by atoms with Crippen LogP contribution in [-0.2, 0) is 25.7 Å². The maximum absolute atomic E-state index is 12.1. The summed E-state index contributed by atoms with van der Waals surface area (Å²) in [6, 6.07) is 9.46. The number of azide groups is 1. The second-order valence-corrected chi connectivity index (χ2v) is 8.61. The lowest BCUT2D eigenvalue weighted by Gasteiger charge is -2.40. The lowest BCUT2D eigenvalue weighted by Crippen LogP contribution is -2.45. The molecule has 0 spiro atoms. The molecule has 10 heteroatoms. The van der Waals surface area contributed by atoms with Crippen LogP contribution in [0.25, 0.3) is 10.4 Å². The van der Waals surface area contributed by atoms with Gasteiger partial charge in [-0.25, -0.2) is 9.78 Å². The van der Waals surface area contributed by atoms with Crippen LogP contribution in [-0.4, -0.2) is 34.4 Å². The summed E-state index contributed by atoms with van der Waals surface area (Å²) in [4.78, 5) is 33.1. The highest BCUT2D eigenvalue weighted by atomic mass is 31.2. The van der Waals surface area contributed by atoms with Crippen molar-refractivity contribution in [1.29, 1.82) is 0 Å². The normalized spacial score (nSPS) is 13.6. The first-order valence-corrected chi connectivity index (χ1v) is 10.3. The van der Waals surface area contributed by atoms with Crippen LogP contribution in [0.4, 0.5) is 0 Å². The molecular formula is C17H28N3O6P. The van der Waals surface area contributed by atoms with Gasteiger partial charge in [0.05, 0.1) is 19.8 Å². The third-order valence-electron chi connectivity index (χ3n) is 4.19. The van der Waals surface area contributed by atoms with Crippen molar-refractivity contribution in [2.24, 2.45) is 17.0 Å². The molecule has 0 aliphatic carbocycles. The highest BCUT2D eigenvalue weighted by molar-refractivity contribution is 7.53. The smallest absolute Gasteiger partial charge is 0.360 e. The fourth-order valence-electron chi connectivity index (χ4n) is 2.85. The van der Waals surface area contributed by atoms with Crippen LogP contribution in [0.5, 0.6) is 0 Å². The molecule has 0 aliphatic rings. The Morgan fingerprint density at radius 3 is 2.26 bits per heavy atom. The second kappa shape index (κ2) is 10.8. The molecule has 1 aromatic rings. The maximum atomic E-state index is 12.1. The molecule has 0 aromatic heterocycles. The Bertz CT molecular complexity index is 650. The first-order chi connectivity index (χ1) is 12.6. The number of rotatable bonds is 12. The first kappa shape index (κ1) is 23.6. The fraction of sp³-hybridized carbons (Fsp3) is 0.647. The Labute approximate surface area is 159 Å². The molecule has 0 radical (unpaired) electrons. The monoisotopic (exact) mass is 401 g/mol. The van der Waals surface area contributed by atoms with Gasteiger partial charge >= 0.3 is 7.60 Å². The number of benzene rings is 1. The van der Waals surface area contributed by atoms with Gasteiger partial charge in [-0.2, -0.15) is 0 Å². The van der Waals surface area contributed by atoms with Gasteiger partial charge in [-0.05, 0) is 22.9 Å². The van der Waals surface area contributed by atoms with E-state index in [1.54, 1.807) is 27.7 Å². The third kappa shape index (κ3) is 6.59. The lowest BCUT2D eigenvalue weighted by molar-refractivity contribution is -0.384. The van der Waals surface area contributed by atoms with Gasteiger partial charge in [0.25, 0.3) is 0 Å². The maximum Gasteiger partial charge on any atom is 0.360 e. The summed E-state index contributed by atoms with van der Waals surface area (Å²) in [6.07, 6.45) is -0.812. The quantitative estimate of drug-likeness (QED) is 0.136. The van der Waals surface area contributed by atoms with E-state index in [9.17, 15) is 14.4 Å². The van der Waals surface area contributed by atoms with E-state index in [-0.39, 0.29) is 13.2 Å². The van der Waals surface area contributed by atoms with Crippen LogP contribution >= 0.6 is 7.60 Å². The van der Waals surface area contributed by atoms with Crippen molar-refractivity contribution in [1.82, 2.24) is 0 Å². The molecule has 0 aliphatic heterocycles. The predicted molar refractivity (Wildman–Crippen MR) is 101 cm³/mol. The molecule has 0 amide bonds. The number of hydrogen-bond acceptors (Lipinski definition) is 5. The van der Waals surface area contributed by atoms with E-state index in [0.717, 1.165) is 5.56 Å². The van der Waals surface area contributed by atoms with E-state index < -0.39 is 30.9 Å². The highest BCUT2D eigenvalue weighted by Gasteiger charge is 2.55. The summed E-state index contributed by atoms with van der Waals surface area (Å²) < 4.78 is 17.7. The van der Waals surface area contributed by atoms with E-state index in [0.29, 0.717) is 6.61 Å². The van der Waals surface area contributed by atoms with Crippen LogP contribution < -0.4 is 0 Å². The summed E-state index contributed by atoms with van der Waals surface area (Å²) in [5, 5.41) is 1.63. The van der Waals surface area contributed by atoms with Crippen LogP contribution in [0.1, 0.15) is 33.3 Å². The molecule has 9 nitrogen and oxygen atoms in total. The minimum atomic E-state index is -4.67. The average Bonchev–Trinajstić information content (AvgIpc) is 2.58. The van der Waals surface area contributed by atoms with Gasteiger partial charge in [-0.3, -0.25) is 4.57 Å².